The molecule has 0 radical (unpaired) electrons. The summed E-state index contributed by atoms with van der Waals surface area (Å²) >= 11 is 0. The number of hydrogen-bond acceptors (Lipinski definition) is 2. The second-order valence-electron chi connectivity index (χ2n) is 6.72. The van der Waals surface area contributed by atoms with Gasteiger partial charge in [0.2, 0.25) is 0 Å². The van der Waals surface area contributed by atoms with E-state index in [1.54, 1.807) is 0 Å². The highest BCUT2D eigenvalue weighted by molar-refractivity contribution is 6.04. The van der Waals surface area contributed by atoms with Crippen molar-refractivity contribution in [3.05, 3.63) is 59.7 Å². The lowest BCUT2D eigenvalue weighted by Crippen LogP contribution is -2.14. The Labute approximate surface area is 133 Å². The zero-order chi connectivity index (χ0) is 16.3. The van der Waals surface area contributed by atoms with Crippen molar-refractivity contribution in [3.8, 4) is 0 Å². The number of benzene rings is 2. The molecule has 2 rings (SSSR count). The van der Waals surface area contributed by atoms with Gasteiger partial charge in [-0.25, -0.2) is 0 Å². The number of hydrogen-bond donors (Lipinski definition) is 1. The molecule has 1 N–H and O–H groups in total. The highest BCUT2D eigenvalue weighted by Gasteiger charge is 2.14. The molecule has 0 aliphatic heterocycles. The number of carbonyl (C=O) groups excluding carboxylic acids is 1. The minimum absolute atomic E-state index is 0.0851. The fourth-order valence-corrected chi connectivity index (χ4v) is 2.17. The topological polar surface area (TPSA) is 32.3 Å². The van der Waals surface area contributed by atoms with Crippen molar-refractivity contribution in [2.75, 3.05) is 24.3 Å². The van der Waals surface area contributed by atoms with E-state index in [9.17, 15) is 4.79 Å². The molecule has 3 heteroatoms. The maximum Gasteiger partial charge on any atom is 0.255 e. The summed E-state index contributed by atoms with van der Waals surface area (Å²) in [6, 6.07) is 15.6. The summed E-state index contributed by atoms with van der Waals surface area (Å²) in [5.41, 5.74) is 3.89. The van der Waals surface area contributed by atoms with Crippen LogP contribution in [-0.4, -0.2) is 20.0 Å². The molecule has 0 heterocycles. The Morgan fingerprint density at radius 2 is 1.45 bits per heavy atom. The molecule has 0 atom stereocenters. The van der Waals surface area contributed by atoms with Crippen LogP contribution in [0.3, 0.4) is 0 Å². The van der Waals surface area contributed by atoms with Crippen LogP contribution in [0.1, 0.15) is 36.7 Å². The Balaban J connectivity index is 2.09. The van der Waals surface area contributed by atoms with Crippen LogP contribution in [0.5, 0.6) is 0 Å². The largest absolute Gasteiger partial charge is 0.378 e. The molecular formula is C19H24N2O. The monoisotopic (exact) mass is 296 g/mol. The standard InChI is InChI=1S/C19H24N2O/c1-19(2,3)15-8-6-14(7-9-15)18(22)20-16-10-12-17(13-11-16)21(4)5/h6-13H,1-5H3,(H,20,22). The van der Waals surface area contributed by atoms with Gasteiger partial charge in [0.1, 0.15) is 0 Å². The van der Waals surface area contributed by atoms with Gasteiger partial charge in [0.15, 0.2) is 0 Å². The molecule has 0 aliphatic carbocycles. The van der Waals surface area contributed by atoms with Gasteiger partial charge in [0, 0.05) is 31.0 Å². The van der Waals surface area contributed by atoms with Gasteiger partial charge in [-0.3, -0.25) is 4.79 Å². The van der Waals surface area contributed by atoms with Crippen molar-refractivity contribution in [1.82, 2.24) is 0 Å². The van der Waals surface area contributed by atoms with Gasteiger partial charge in [-0.15, -0.1) is 0 Å². The Morgan fingerprint density at radius 3 is 1.91 bits per heavy atom. The van der Waals surface area contributed by atoms with Crippen molar-refractivity contribution in [1.29, 1.82) is 0 Å². The number of nitrogens with zero attached hydrogens (tertiary/aromatic N) is 1. The van der Waals surface area contributed by atoms with Crippen LogP contribution >= 0.6 is 0 Å². The number of nitrogens with one attached hydrogen (secondary N) is 1. The van der Waals surface area contributed by atoms with E-state index in [0.717, 1.165) is 11.4 Å². The molecule has 0 fully saturated rings. The average Bonchev–Trinajstić information content (AvgIpc) is 2.47. The van der Waals surface area contributed by atoms with E-state index in [-0.39, 0.29) is 11.3 Å². The van der Waals surface area contributed by atoms with Gasteiger partial charge in [0.25, 0.3) is 5.91 Å². The first-order chi connectivity index (χ1) is 10.3. The number of anilines is 2. The highest BCUT2D eigenvalue weighted by Crippen LogP contribution is 2.22. The van der Waals surface area contributed by atoms with E-state index < -0.39 is 0 Å². The molecule has 116 valence electrons. The second-order valence-corrected chi connectivity index (χ2v) is 6.72. The predicted molar refractivity (Wildman–Crippen MR) is 93.9 cm³/mol. The smallest absolute Gasteiger partial charge is 0.255 e. The highest BCUT2D eigenvalue weighted by atomic mass is 16.1. The van der Waals surface area contributed by atoms with E-state index in [4.69, 9.17) is 0 Å². The molecule has 1 amide bonds. The third-order valence-corrected chi connectivity index (χ3v) is 3.65. The van der Waals surface area contributed by atoms with Gasteiger partial charge in [-0.2, -0.15) is 0 Å². The van der Waals surface area contributed by atoms with E-state index >= 15 is 0 Å². The zero-order valence-electron chi connectivity index (χ0n) is 14.0. The molecule has 0 bridgehead atoms. The van der Waals surface area contributed by atoms with Crippen LogP contribution in [0.25, 0.3) is 0 Å². The summed E-state index contributed by atoms with van der Waals surface area (Å²) in [5, 5.41) is 2.93. The molecule has 3 nitrogen and oxygen atoms in total. The van der Waals surface area contributed by atoms with Crippen LogP contribution in [0.4, 0.5) is 11.4 Å². The van der Waals surface area contributed by atoms with Gasteiger partial charge in [-0.05, 0) is 47.4 Å². The minimum atomic E-state index is -0.0851. The Hall–Kier alpha value is -2.29. The molecule has 2 aromatic carbocycles. The first-order valence-electron chi connectivity index (χ1n) is 7.46. The average molecular weight is 296 g/mol. The van der Waals surface area contributed by atoms with Crippen LogP contribution in [0, 0.1) is 0 Å². The van der Waals surface area contributed by atoms with Crippen molar-refractivity contribution in [2.24, 2.45) is 0 Å². The summed E-state index contributed by atoms with van der Waals surface area (Å²) in [6.45, 7) is 6.48. The third kappa shape index (κ3) is 3.88. The number of amides is 1. The summed E-state index contributed by atoms with van der Waals surface area (Å²) in [4.78, 5) is 14.3. The van der Waals surface area contributed by atoms with Crippen LogP contribution in [0.2, 0.25) is 0 Å². The summed E-state index contributed by atoms with van der Waals surface area (Å²) < 4.78 is 0. The Bertz CT molecular complexity index is 635. The predicted octanol–water partition coefficient (Wildman–Crippen LogP) is 4.30. The Kier molecular flexibility index (Phi) is 4.55. The lowest BCUT2D eigenvalue weighted by Gasteiger charge is -2.19. The van der Waals surface area contributed by atoms with E-state index in [2.05, 4.69) is 26.1 Å². The minimum Gasteiger partial charge on any atom is -0.378 e. The van der Waals surface area contributed by atoms with Gasteiger partial charge in [-0.1, -0.05) is 32.9 Å². The van der Waals surface area contributed by atoms with Crippen LogP contribution in [0.15, 0.2) is 48.5 Å². The second kappa shape index (κ2) is 6.22. The number of rotatable bonds is 3. The van der Waals surface area contributed by atoms with Crippen molar-refractivity contribution < 1.29 is 4.79 Å². The quantitative estimate of drug-likeness (QED) is 0.915. The molecule has 0 aromatic heterocycles. The molecule has 0 unspecified atom stereocenters. The fourth-order valence-electron chi connectivity index (χ4n) is 2.17. The SMILES string of the molecule is CN(C)c1ccc(NC(=O)c2ccc(C(C)(C)C)cc2)cc1. The van der Waals surface area contributed by atoms with Crippen molar-refractivity contribution in [2.45, 2.75) is 26.2 Å². The fraction of sp³-hybridized carbons (Fsp3) is 0.316. The third-order valence-electron chi connectivity index (χ3n) is 3.65. The normalized spacial score (nSPS) is 11.1. The summed E-state index contributed by atoms with van der Waals surface area (Å²) in [6.07, 6.45) is 0. The summed E-state index contributed by atoms with van der Waals surface area (Å²) in [7, 11) is 3.98. The maximum absolute atomic E-state index is 12.3. The zero-order valence-corrected chi connectivity index (χ0v) is 14.0. The first-order valence-corrected chi connectivity index (χ1v) is 7.46. The molecule has 22 heavy (non-hydrogen) atoms. The Morgan fingerprint density at radius 1 is 0.909 bits per heavy atom. The van der Waals surface area contributed by atoms with Crippen LogP contribution in [-0.2, 0) is 5.41 Å². The molecule has 0 aliphatic rings. The van der Waals surface area contributed by atoms with E-state index in [0.29, 0.717) is 5.56 Å². The number of carbonyl (C=O) groups is 1. The van der Waals surface area contributed by atoms with Crippen LogP contribution < -0.4 is 10.2 Å². The van der Waals surface area contributed by atoms with Gasteiger partial charge >= 0.3 is 0 Å². The molecule has 0 saturated carbocycles. The maximum atomic E-state index is 12.3. The molecule has 2 aromatic rings. The molecule has 0 saturated heterocycles. The lowest BCUT2D eigenvalue weighted by molar-refractivity contribution is 0.102. The van der Waals surface area contributed by atoms with Crippen molar-refractivity contribution in [3.63, 3.8) is 0 Å². The van der Waals surface area contributed by atoms with Gasteiger partial charge in [0.05, 0.1) is 0 Å². The van der Waals surface area contributed by atoms with E-state index in [1.807, 2.05) is 67.5 Å². The summed E-state index contributed by atoms with van der Waals surface area (Å²) in [5.74, 6) is -0.0851. The molecular weight excluding hydrogens is 272 g/mol. The van der Waals surface area contributed by atoms with Gasteiger partial charge < -0.3 is 10.2 Å². The molecule has 0 spiro atoms. The van der Waals surface area contributed by atoms with E-state index in [1.165, 1.54) is 5.56 Å². The lowest BCUT2D eigenvalue weighted by atomic mass is 9.87. The first kappa shape index (κ1) is 16.1. The van der Waals surface area contributed by atoms with Crippen molar-refractivity contribution >= 4 is 17.3 Å².